The molecule has 0 saturated carbocycles. The van der Waals surface area contributed by atoms with E-state index in [9.17, 15) is 14.4 Å². The number of carbonyl (C=O) groups excluding carboxylic acids is 3. The molecule has 8 nitrogen and oxygen atoms in total. The minimum absolute atomic E-state index is 0.350. The first kappa shape index (κ1) is 23.2. The van der Waals surface area contributed by atoms with Gasteiger partial charge in [-0.1, -0.05) is 42.5 Å². The summed E-state index contributed by atoms with van der Waals surface area (Å²) in [7, 11) is 0. The van der Waals surface area contributed by atoms with E-state index in [1.54, 1.807) is 40.7 Å². The third kappa shape index (κ3) is 7.04. The predicted octanol–water partition coefficient (Wildman–Crippen LogP) is 2.65. The van der Waals surface area contributed by atoms with Crippen LogP contribution in [0.3, 0.4) is 0 Å². The number of likely N-dealkylation sites (tertiary alicyclic amines) is 1. The summed E-state index contributed by atoms with van der Waals surface area (Å²) >= 11 is 0. The number of carbonyl (C=O) groups is 3. The molecule has 32 heavy (non-hydrogen) atoms. The lowest BCUT2D eigenvalue weighted by molar-refractivity contribution is -0.124. The van der Waals surface area contributed by atoms with E-state index in [0.717, 1.165) is 30.8 Å². The van der Waals surface area contributed by atoms with Crippen LogP contribution in [0.15, 0.2) is 60.7 Å². The van der Waals surface area contributed by atoms with Crippen LogP contribution in [0.4, 0.5) is 4.79 Å². The van der Waals surface area contributed by atoms with E-state index in [-0.39, 0.29) is 0 Å². The maximum atomic E-state index is 12.9. The smallest absolute Gasteiger partial charge is 0.319 e. The van der Waals surface area contributed by atoms with Gasteiger partial charge in [0.15, 0.2) is 0 Å². The largest absolute Gasteiger partial charge is 0.324 e. The van der Waals surface area contributed by atoms with E-state index in [1.165, 1.54) is 18.9 Å². The summed E-state index contributed by atoms with van der Waals surface area (Å²) in [6.45, 7) is 3.67. The fourth-order valence-corrected chi connectivity index (χ4v) is 3.52. The van der Waals surface area contributed by atoms with Crippen LogP contribution in [0.2, 0.25) is 0 Å². The highest BCUT2D eigenvalue weighted by molar-refractivity contribution is 6.04. The van der Waals surface area contributed by atoms with Crippen molar-refractivity contribution in [3.63, 3.8) is 0 Å². The summed E-state index contributed by atoms with van der Waals surface area (Å²) in [5.41, 5.74) is 3.66. The lowest BCUT2D eigenvalue weighted by Crippen LogP contribution is -2.45. The SMILES string of the molecule is O=C(/C=C/c1ccc(CN(CCN2CCCC2)C(=O)NC(=O)c2ccccc2)cc1)NO. The summed E-state index contributed by atoms with van der Waals surface area (Å²) in [4.78, 5) is 40.4. The van der Waals surface area contributed by atoms with Crippen LogP contribution in [-0.2, 0) is 11.3 Å². The first-order valence-corrected chi connectivity index (χ1v) is 10.6. The van der Waals surface area contributed by atoms with E-state index < -0.39 is 17.8 Å². The van der Waals surface area contributed by atoms with Crippen LogP contribution in [0.1, 0.15) is 34.3 Å². The van der Waals surface area contributed by atoms with Crippen LogP contribution in [0.5, 0.6) is 0 Å². The molecule has 3 rings (SSSR count). The zero-order valence-corrected chi connectivity index (χ0v) is 17.9. The number of amides is 4. The number of hydrogen-bond acceptors (Lipinski definition) is 5. The first-order chi connectivity index (χ1) is 15.5. The highest BCUT2D eigenvalue weighted by atomic mass is 16.5. The van der Waals surface area contributed by atoms with Gasteiger partial charge in [-0.3, -0.25) is 20.1 Å². The fourth-order valence-electron chi connectivity index (χ4n) is 3.52. The van der Waals surface area contributed by atoms with Crippen LogP contribution in [-0.4, -0.2) is 59.0 Å². The van der Waals surface area contributed by atoms with Crippen molar-refractivity contribution in [2.24, 2.45) is 0 Å². The minimum Gasteiger partial charge on any atom is -0.319 e. The number of imide groups is 1. The third-order valence-corrected chi connectivity index (χ3v) is 5.32. The van der Waals surface area contributed by atoms with Gasteiger partial charge in [0.05, 0.1) is 0 Å². The molecule has 0 spiro atoms. The average molecular weight is 437 g/mol. The maximum absolute atomic E-state index is 12.9. The second kappa shape index (κ2) is 11.8. The number of urea groups is 1. The van der Waals surface area contributed by atoms with E-state index in [1.807, 2.05) is 30.3 Å². The van der Waals surface area contributed by atoms with Gasteiger partial charge in [0.25, 0.3) is 11.8 Å². The Balaban J connectivity index is 1.66. The number of nitrogens with zero attached hydrogens (tertiary/aromatic N) is 2. The molecule has 8 heteroatoms. The second-order valence-electron chi connectivity index (χ2n) is 7.65. The monoisotopic (exact) mass is 436 g/mol. The second-order valence-corrected chi connectivity index (χ2v) is 7.65. The van der Waals surface area contributed by atoms with Crippen LogP contribution in [0, 0.1) is 0 Å². The zero-order chi connectivity index (χ0) is 22.8. The number of hydroxylamine groups is 1. The first-order valence-electron chi connectivity index (χ1n) is 10.6. The van der Waals surface area contributed by atoms with Gasteiger partial charge in [-0.15, -0.1) is 0 Å². The lowest BCUT2D eigenvalue weighted by Gasteiger charge is -2.25. The van der Waals surface area contributed by atoms with Gasteiger partial charge in [-0.25, -0.2) is 10.3 Å². The molecule has 1 fully saturated rings. The van der Waals surface area contributed by atoms with E-state index in [2.05, 4.69) is 10.2 Å². The van der Waals surface area contributed by atoms with Gasteiger partial charge < -0.3 is 9.80 Å². The Bertz CT molecular complexity index is 938. The van der Waals surface area contributed by atoms with Crippen LogP contribution < -0.4 is 10.8 Å². The van der Waals surface area contributed by atoms with Gasteiger partial charge in [0.1, 0.15) is 0 Å². The van der Waals surface area contributed by atoms with Gasteiger partial charge in [0.2, 0.25) is 0 Å². The molecule has 0 unspecified atom stereocenters. The van der Waals surface area contributed by atoms with Gasteiger partial charge in [0, 0.05) is 31.3 Å². The van der Waals surface area contributed by atoms with Crippen molar-refractivity contribution in [1.82, 2.24) is 20.6 Å². The molecule has 0 aromatic heterocycles. The molecule has 0 atom stereocenters. The zero-order valence-electron chi connectivity index (χ0n) is 17.9. The number of hydrogen-bond donors (Lipinski definition) is 3. The Morgan fingerprint density at radius 2 is 1.69 bits per heavy atom. The molecule has 0 bridgehead atoms. The molecule has 1 aliphatic rings. The van der Waals surface area contributed by atoms with E-state index in [0.29, 0.717) is 18.7 Å². The average Bonchev–Trinajstić information content (AvgIpc) is 3.35. The molecule has 2 aromatic carbocycles. The fraction of sp³-hybridized carbons (Fsp3) is 0.292. The lowest BCUT2D eigenvalue weighted by atomic mass is 10.1. The standard InChI is InChI=1S/C24H28N4O4/c29-22(26-32)13-12-19-8-10-20(11-9-19)18-28(17-16-27-14-4-5-15-27)24(31)25-23(30)21-6-2-1-3-7-21/h1-3,6-13,32H,4-5,14-18H2,(H,26,29)(H,25,30,31)/b13-12+. The summed E-state index contributed by atoms with van der Waals surface area (Å²) in [5.74, 6) is -1.04. The van der Waals surface area contributed by atoms with E-state index >= 15 is 0 Å². The molecular weight excluding hydrogens is 408 g/mol. The molecule has 1 saturated heterocycles. The van der Waals surface area contributed by atoms with Gasteiger partial charge >= 0.3 is 6.03 Å². The van der Waals surface area contributed by atoms with Crippen LogP contribution >= 0.6 is 0 Å². The highest BCUT2D eigenvalue weighted by Gasteiger charge is 2.20. The Kier molecular flexibility index (Phi) is 8.53. The van der Waals surface area contributed by atoms with Crippen molar-refractivity contribution < 1.29 is 19.6 Å². The minimum atomic E-state index is -0.609. The summed E-state index contributed by atoms with van der Waals surface area (Å²) in [6.07, 6.45) is 5.13. The van der Waals surface area contributed by atoms with Crippen LogP contribution in [0.25, 0.3) is 6.08 Å². The Morgan fingerprint density at radius 1 is 1.00 bits per heavy atom. The maximum Gasteiger partial charge on any atom is 0.324 e. The van der Waals surface area contributed by atoms with Gasteiger partial charge in [-0.05, 0) is 55.3 Å². The third-order valence-electron chi connectivity index (χ3n) is 5.32. The molecule has 4 amide bonds. The summed E-state index contributed by atoms with van der Waals surface area (Å²) in [5, 5.41) is 11.0. The molecule has 1 heterocycles. The normalized spacial score (nSPS) is 13.8. The molecule has 3 N–H and O–H groups in total. The summed E-state index contributed by atoms with van der Waals surface area (Å²) < 4.78 is 0. The van der Waals surface area contributed by atoms with Crippen molar-refractivity contribution in [1.29, 1.82) is 0 Å². The number of benzene rings is 2. The van der Waals surface area contributed by atoms with Crippen molar-refractivity contribution in [2.75, 3.05) is 26.2 Å². The molecule has 1 aliphatic heterocycles. The molecule has 0 radical (unpaired) electrons. The molecule has 168 valence electrons. The van der Waals surface area contributed by atoms with Crippen molar-refractivity contribution in [3.05, 3.63) is 77.4 Å². The molecular formula is C24H28N4O4. The Labute approximate surface area is 187 Å². The van der Waals surface area contributed by atoms with E-state index in [4.69, 9.17) is 5.21 Å². The van der Waals surface area contributed by atoms with Crippen molar-refractivity contribution in [2.45, 2.75) is 19.4 Å². The number of rotatable bonds is 8. The molecule has 2 aromatic rings. The Hall–Kier alpha value is -3.49. The predicted molar refractivity (Wildman–Crippen MR) is 121 cm³/mol. The molecule has 0 aliphatic carbocycles. The van der Waals surface area contributed by atoms with Crippen molar-refractivity contribution in [3.8, 4) is 0 Å². The van der Waals surface area contributed by atoms with Gasteiger partial charge in [-0.2, -0.15) is 0 Å². The number of nitrogens with one attached hydrogen (secondary N) is 2. The Morgan fingerprint density at radius 3 is 2.34 bits per heavy atom. The highest BCUT2D eigenvalue weighted by Crippen LogP contribution is 2.12. The quantitative estimate of drug-likeness (QED) is 0.335. The summed E-state index contributed by atoms with van der Waals surface area (Å²) in [6, 6.07) is 15.6. The van der Waals surface area contributed by atoms with Crippen molar-refractivity contribution >= 4 is 23.9 Å². The topological polar surface area (TPSA) is 102 Å².